The lowest BCUT2D eigenvalue weighted by atomic mass is 9.89. The lowest BCUT2D eigenvalue weighted by molar-refractivity contribution is 0.0965. The van der Waals surface area contributed by atoms with Crippen LogP contribution in [0, 0.1) is 24.2 Å². The quantitative estimate of drug-likeness (QED) is 0.410. The standard InChI is InChI=1S/C24H19ClF2N4O3S/c1-13-5-14(10-28)6-17(21(32)7-15-11-35(34)12-15)16(13)8-22(33)20-9-19(23(26)27)30-31(20)24-18(25)3-2-4-29-24/h2-6,9,15,23H,7-8,11-12H2,1H3. The van der Waals surface area contributed by atoms with E-state index in [-0.39, 0.29) is 52.2 Å². The van der Waals surface area contributed by atoms with Crippen LogP contribution in [0.3, 0.4) is 0 Å². The van der Waals surface area contributed by atoms with Crippen LogP contribution in [0.5, 0.6) is 0 Å². The van der Waals surface area contributed by atoms with E-state index >= 15 is 0 Å². The van der Waals surface area contributed by atoms with Gasteiger partial charge in [0.25, 0.3) is 6.43 Å². The zero-order valence-electron chi connectivity index (χ0n) is 18.5. The van der Waals surface area contributed by atoms with Gasteiger partial charge in [-0.2, -0.15) is 10.4 Å². The lowest BCUT2D eigenvalue weighted by Crippen LogP contribution is -2.33. The van der Waals surface area contributed by atoms with Crippen molar-refractivity contribution < 1.29 is 22.6 Å². The maximum Gasteiger partial charge on any atom is 0.282 e. The van der Waals surface area contributed by atoms with E-state index in [0.29, 0.717) is 22.6 Å². The van der Waals surface area contributed by atoms with E-state index in [0.717, 1.165) is 10.7 Å². The Hall–Kier alpha value is -3.29. The molecule has 7 nitrogen and oxygen atoms in total. The summed E-state index contributed by atoms with van der Waals surface area (Å²) in [7, 11) is -0.916. The second-order valence-electron chi connectivity index (χ2n) is 8.27. The van der Waals surface area contributed by atoms with Crippen LogP contribution in [0.25, 0.3) is 5.82 Å². The molecule has 0 saturated carbocycles. The molecule has 0 atom stereocenters. The molecule has 4 rings (SSSR count). The number of ketones is 2. The normalized spacial score (nSPS) is 17.1. The molecule has 1 aromatic carbocycles. The maximum absolute atomic E-state index is 13.4. The average Bonchev–Trinajstić information content (AvgIpc) is 3.25. The average molecular weight is 517 g/mol. The number of nitrogens with zero attached hydrogens (tertiary/aromatic N) is 4. The number of alkyl halides is 2. The lowest BCUT2D eigenvalue weighted by Gasteiger charge is -2.24. The first-order valence-electron chi connectivity index (χ1n) is 10.6. The van der Waals surface area contributed by atoms with Gasteiger partial charge in [0, 0.05) is 46.9 Å². The Labute approximate surface area is 207 Å². The molecule has 2 aromatic heterocycles. The number of benzene rings is 1. The summed E-state index contributed by atoms with van der Waals surface area (Å²) in [5.41, 5.74) is 0.679. The summed E-state index contributed by atoms with van der Waals surface area (Å²) in [6.07, 6.45) is -1.66. The molecule has 11 heteroatoms. The van der Waals surface area contributed by atoms with Crippen molar-refractivity contribution in [2.75, 3.05) is 11.5 Å². The largest absolute Gasteiger partial charge is 0.294 e. The number of aryl methyl sites for hydroxylation is 1. The van der Waals surface area contributed by atoms with Gasteiger partial charge in [-0.1, -0.05) is 11.6 Å². The van der Waals surface area contributed by atoms with E-state index in [9.17, 15) is 27.8 Å². The van der Waals surface area contributed by atoms with Crippen LogP contribution in [-0.2, 0) is 17.2 Å². The molecule has 0 aliphatic carbocycles. The topological polar surface area (TPSA) is 106 Å². The minimum absolute atomic E-state index is 0.0146. The van der Waals surface area contributed by atoms with Crippen molar-refractivity contribution in [3.63, 3.8) is 0 Å². The number of pyridine rings is 1. The zero-order chi connectivity index (χ0) is 25.3. The van der Waals surface area contributed by atoms with Gasteiger partial charge in [-0.05, 0) is 54.3 Å². The minimum Gasteiger partial charge on any atom is -0.294 e. The van der Waals surface area contributed by atoms with Gasteiger partial charge in [-0.3, -0.25) is 13.8 Å². The Bertz CT molecular complexity index is 1390. The van der Waals surface area contributed by atoms with Crippen LogP contribution in [0.4, 0.5) is 8.78 Å². The second kappa shape index (κ2) is 10.1. The predicted octanol–water partition coefficient (Wildman–Crippen LogP) is 4.42. The molecule has 3 heterocycles. The highest BCUT2D eigenvalue weighted by Gasteiger charge is 2.30. The molecule has 1 aliphatic heterocycles. The molecule has 0 N–H and O–H groups in total. The molecular formula is C24H19ClF2N4O3S. The summed E-state index contributed by atoms with van der Waals surface area (Å²) in [5, 5.41) is 13.3. The van der Waals surface area contributed by atoms with E-state index in [2.05, 4.69) is 10.1 Å². The fraction of sp³-hybridized carbons (Fsp3) is 0.292. The second-order valence-corrected chi connectivity index (χ2v) is 10.2. The van der Waals surface area contributed by atoms with E-state index in [1.165, 1.54) is 18.3 Å². The molecule has 0 spiro atoms. The fourth-order valence-corrected chi connectivity index (χ4v) is 5.37. The van der Waals surface area contributed by atoms with Crippen molar-refractivity contribution in [3.8, 4) is 11.9 Å². The molecule has 0 radical (unpaired) electrons. The van der Waals surface area contributed by atoms with Gasteiger partial charge < -0.3 is 0 Å². The highest BCUT2D eigenvalue weighted by atomic mass is 35.5. The molecule has 180 valence electrons. The van der Waals surface area contributed by atoms with Crippen molar-refractivity contribution in [1.82, 2.24) is 14.8 Å². The molecule has 1 aliphatic rings. The Morgan fingerprint density at radius 1 is 1.29 bits per heavy atom. The van der Waals surface area contributed by atoms with Crippen molar-refractivity contribution in [2.24, 2.45) is 5.92 Å². The molecule has 1 fully saturated rings. The zero-order valence-corrected chi connectivity index (χ0v) is 20.1. The minimum atomic E-state index is -2.92. The third kappa shape index (κ3) is 5.21. The third-order valence-electron chi connectivity index (χ3n) is 5.73. The van der Waals surface area contributed by atoms with Gasteiger partial charge in [0.2, 0.25) is 0 Å². The van der Waals surface area contributed by atoms with Gasteiger partial charge >= 0.3 is 0 Å². The van der Waals surface area contributed by atoms with Crippen LogP contribution in [0.1, 0.15) is 56.1 Å². The van der Waals surface area contributed by atoms with Gasteiger partial charge in [0.05, 0.1) is 16.7 Å². The van der Waals surface area contributed by atoms with Crippen molar-refractivity contribution >= 4 is 34.0 Å². The fourth-order valence-electron chi connectivity index (χ4n) is 3.98. The highest BCUT2D eigenvalue weighted by molar-refractivity contribution is 7.86. The number of hydrogen-bond donors (Lipinski definition) is 0. The van der Waals surface area contributed by atoms with Crippen LogP contribution in [0.2, 0.25) is 5.02 Å². The Morgan fingerprint density at radius 2 is 2.03 bits per heavy atom. The highest BCUT2D eigenvalue weighted by Crippen LogP contribution is 2.28. The summed E-state index contributed by atoms with van der Waals surface area (Å²) in [6, 6.07) is 9.05. The van der Waals surface area contributed by atoms with Gasteiger partial charge in [-0.25, -0.2) is 18.4 Å². The van der Waals surface area contributed by atoms with Gasteiger partial charge in [0.15, 0.2) is 17.4 Å². The van der Waals surface area contributed by atoms with E-state index < -0.39 is 28.7 Å². The van der Waals surface area contributed by atoms with Crippen LogP contribution in [-0.4, -0.2) is 42.0 Å². The van der Waals surface area contributed by atoms with Crippen molar-refractivity contribution in [2.45, 2.75) is 26.2 Å². The van der Waals surface area contributed by atoms with E-state index in [1.807, 2.05) is 6.07 Å². The predicted molar refractivity (Wildman–Crippen MR) is 126 cm³/mol. The molecular weight excluding hydrogens is 498 g/mol. The summed E-state index contributed by atoms with van der Waals surface area (Å²) in [6.45, 7) is 1.68. The monoisotopic (exact) mass is 516 g/mol. The number of halogens is 3. The number of carbonyl (C=O) groups excluding carboxylic acids is 2. The molecule has 0 amide bonds. The number of Topliss-reactive ketones (excluding diaryl/α,β-unsaturated/α-hetero) is 2. The number of nitriles is 1. The molecule has 1 saturated heterocycles. The Kier molecular flexibility index (Phi) is 7.19. The summed E-state index contributed by atoms with van der Waals surface area (Å²) in [4.78, 5) is 30.5. The summed E-state index contributed by atoms with van der Waals surface area (Å²) >= 11 is 6.17. The maximum atomic E-state index is 13.4. The SMILES string of the molecule is Cc1cc(C#N)cc(C(=O)CC2CS(=O)C2)c1CC(=O)c1cc(C(F)F)nn1-c1ncccc1Cl. The third-order valence-corrected chi connectivity index (χ3v) is 7.72. The Balaban J connectivity index is 1.72. The van der Waals surface area contributed by atoms with E-state index in [1.54, 1.807) is 19.1 Å². The van der Waals surface area contributed by atoms with Crippen molar-refractivity contribution in [3.05, 3.63) is 75.2 Å². The number of hydrogen-bond acceptors (Lipinski definition) is 6. The van der Waals surface area contributed by atoms with Gasteiger partial charge in [-0.15, -0.1) is 0 Å². The molecule has 0 unspecified atom stereocenters. The first-order valence-corrected chi connectivity index (χ1v) is 12.5. The summed E-state index contributed by atoms with van der Waals surface area (Å²) in [5.74, 6) is 0.0609. The molecule has 3 aromatic rings. The number of carbonyl (C=O) groups is 2. The van der Waals surface area contributed by atoms with Crippen molar-refractivity contribution in [1.29, 1.82) is 5.26 Å². The van der Waals surface area contributed by atoms with Crippen LogP contribution >= 0.6 is 11.6 Å². The first kappa shape index (κ1) is 24.8. The number of rotatable bonds is 8. The smallest absolute Gasteiger partial charge is 0.282 e. The van der Waals surface area contributed by atoms with Crippen LogP contribution < -0.4 is 0 Å². The van der Waals surface area contributed by atoms with E-state index in [4.69, 9.17) is 11.6 Å². The molecule has 0 bridgehead atoms. The first-order chi connectivity index (χ1) is 16.7. The Morgan fingerprint density at radius 3 is 2.66 bits per heavy atom. The summed E-state index contributed by atoms with van der Waals surface area (Å²) < 4.78 is 39.3. The van der Waals surface area contributed by atoms with Crippen LogP contribution in [0.15, 0.2) is 36.5 Å². The number of aromatic nitrogens is 3. The van der Waals surface area contributed by atoms with Gasteiger partial charge in [0.1, 0.15) is 11.4 Å². The molecule has 35 heavy (non-hydrogen) atoms.